The van der Waals surface area contributed by atoms with Gasteiger partial charge in [0.05, 0.1) is 24.2 Å². The van der Waals surface area contributed by atoms with E-state index in [0.717, 1.165) is 18.7 Å². The van der Waals surface area contributed by atoms with Crippen LogP contribution in [0.1, 0.15) is 42.9 Å². The van der Waals surface area contributed by atoms with Crippen LogP contribution in [0.5, 0.6) is 0 Å². The molecule has 24 heavy (non-hydrogen) atoms. The molecule has 8 heteroatoms. The van der Waals surface area contributed by atoms with Gasteiger partial charge in [-0.15, -0.1) is 5.10 Å². The van der Waals surface area contributed by atoms with E-state index in [0.29, 0.717) is 31.0 Å². The van der Waals surface area contributed by atoms with Gasteiger partial charge in [-0.1, -0.05) is 12.1 Å². The average molecular weight is 332 g/mol. The van der Waals surface area contributed by atoms with Gasteiger partial charge in [-0.3, -0.25) is 4.79 Å². The standard InChI is InChI=1S/C16H24N6O2/c1-3-13-15(19-20-22(13)4-2)16(24)18-12-7-11(8-14(12)23)9-21-6-5-17-10-21/h5-6,10-12,14,23H,3-4,7-9H2,1-2H3,(H,18,24)/t11?,12-,14-/m1/s1. The van der Waals surface area contributed by atoms with Crippen LogP contribution in [-0.4, -0.2) is 47.7 Å². The normalized spacial score (nSPS) is 23.5. The molecule has 0 bridgehead atoms. The maximum atomic E-state index is 12.5. The summed E-state index contributed by atoms with van der Waals surface area (Å²) in [5.74, 6) is 0.0651. The van der Waals surface area contributed by atoms with Crippen LogP contribution in [0.4, 0.5) is 0 Å². The Morgan fingerprint density at radius 2 is 2.25 bits per heavy atom. The molecule has 1 fully saturated rings. The van der Waals surface area contributed by atoms with Crippen molar-refractivity contribution in [3.05, 3.63) is 30.1 Å². The fourth-order valence-corrected chi connectivity index (χ4v) is 3.47. The number of aliphatic hydroxyl groups excluding tert-OH is 1. The Bertz CT molecular complexity index is 681. The first kappa shape index (κ1) is 16.6. The van der Waals surface area contributed by atoms with E-state index in [1.807, 2.05) is 24.6 Å². The van der Waals surface area contributed by atoms with E-state index in [4.69, 9.17) is 0 Å². The molecule has 1 aliphatic rings. The third-order valence-electron chi connectivity index (χ3n) is 4.66. The number of hydrogen-bond acceptors (Lipinski definition) is 5. The summed E-state index contributed by atoms with van der Waals surface area (Å²) in [6, 6.07) is -0.248. The Kier molecular flexibility index (Phi) is 4.94. The van der Waals surface area contributed by atoms with Crippen molar-refractivity contribution in [3.8, 4) is 0 Å². The molecule has 1 aliphatic carbocycles. The van der Waals surface area contributed by atoms with Gasteiger partial charge in [-0.05, 0) is 32.1 Å². The summed E-state index contributed by atoms with van der Waals surface area (Å²) in [6.07, 6.45) is 7.01. The molecule has 3 atom stereocenters. The minimum absolute atomic E-state index is 0.248. The second-order valence-corrected chi connectivity index (χ2v) is 6.30. The number of amides is 1. The average Bonchev–Trinajstić information content (AvgIpc) is 3.28. The molecule has 0 aliphatic heterocycles. The van der Waals surface area contributed by atoms with Gasteiger partial charge in [0.15, 0.2) is 5.69 Å². The zero-order chi connectivity index (χ0) is 17.1. The molecule has 2 heterocycles. The fourth-order valence-electron chi connectivity index (χ4n) is 3.47. The molecule has 130 valence electrons. The van der Waals surface area contributed by atoms with E-state index in [2.05, 4.69) is 20.6 Å². The Morgan fingerprint density at radius 1 is 1.42 bits per heavy atom. The highest BCUT2D eigenvalue weighted by Gasteiger charge is 2.35. The maximum Gasteiger partial charge on any atom is 0.274 e. The molecule has 1 saturated carbocycles. The molecular formula is C16H24N6O2. The fraction of sp³-hybridized carbons (Fsp3) is 0.625. The lowest BCUT2D eigenvalue weighted by molar-refractivity contribution is 0.0867. The molecule has 0 saturated heterocycles. The summed E-state index contributed by atoms with van der Waals surface area (Å²) >= 11 is 0. The third kappa shape index (κ3) is 3.33. The number of imidazole rings is 1. The molecule has 2 N–H and O–H groups in total. The minimum atomic E-state index is -0.534. The van der Waals surface area contributed by atoms with Gasteiger partial charge in [-0.25, -0.2) is 9.67 Å². The molecule has 8 nitrogen and oxygen atoms in total. The minimum Gasteiger partial charge on any atom is -0.391 e. The molecule has 0 aromatic carbocycles. The lowest BCUT2D eigenvalue weighted by atomic mass is 10.1. The van der Waals surface area contributed by atoms with Crippen molar-refractivity contribution in [1.82, 2.24) is 29.9 Å². The zero-order valence-corrected chi connectivity index (χ0v) is 14.1. The Morgan fingerprint density at radius 3 is 2.92 bits per heavy atom. The number of rotatable bonds is 6. The number of aryl methyl sites for hydroxylation is 1. The molecule has 1 amide bonds. The topological polar surface area (TPSA) is 97.9 Å². The quantitative estimate of drug-likeness (QED) is 0.808. The zero-order valence-electron chi connectivity index (χ0n) is 14.1. The van der Waals surface area contributed by atoms with Crippen molar-refractivity contribution < 1.29 is 9.90 Å². The van der Waals surface area contributed by atoms with Gasteiger partial charge in [0.1, 0.15) is 0 Å². The highest BCUT2D eigenvalue weighted by molar-refractivity contribution is 5.93. The highest BCUT2D eigenvalue weighted by Crippen LogP contribution is 2.28. The smallest absolute Gasteiger partial charge is 0.274 e. The molecule has 3 rings (SSSR count). The van der Waals surface area contributed by atoms with Crippen molar-refractivity contribution in [2.75, 3.05) is 0 Å². The first-order chi connectivity index (χ1) is 11.6. The number of aliphatic hydroxyl groups is 1. The predicted octanol–water partition coefficient (Wildman–Crippen LogP) is 0.626. The van der Waals surface area contributed by atoms with Crippen LogP contribution < -0.4 is 5.32 Å². The monoisotopic (exact) mass is 332 g/mol. The van der Waals surface area contributed by atoms with E-state index in [1.54, 1.807) is 17.2 Å². The summed E-state index contributed by atoms with van der Waals surface area (Å²) in [5, 5.41) is 21.2. The number of nitrogens with one attached hydrogen (secondary N) is 1. The first-order valence-electron chi connectivity index (χ1n) is 8.49. The molecule has 0 spiro atoms. The van der Waals surface area contributed by atoms with E-state index < -0.39 is 6.10 Å². The number of carbonyl (C=O) groups excluding carboxylic acids is 1. The van der Waals surface area contributed by atoms with Crippen molar-refractivity contribution in [3.63, 3.8) is 0 Å². The van der Waals surface area contributed by atoms with E-state index in [9.17, 15) is 9.90 Å². The summed E-state index contributed by atoms with van der Waals surface area (Å²) in [5.41, 5.74) is 1.20. The lowest BCUT2D eigenvalue weighted by Crippen LogP contribution is -2.40. The lowest BCUT2D eigenvalue weighted by Gasteiger charge is -2.16. The van der Waals surface area contributed by atoms with Crippen LogP contribution in [0, 0.1) is 5.92 Å². The summed E-state index contributed by atoms with van der Waals surface area (Å²) < 4.78 is 3.74. The maximum absolute atomic E-state index is 12.5. The van der Waals surface area contributed by atoms with Gasteiger partial charge in [0, 0.05) is 25.5 Å². The van der Waals surface area contributed by atoms with Crippen molar-refractivity contribution in [2.45, 2.75) is 58.3 Å². The van der Waals surface area contributed by atoms with Crippen LogP contribution in [0.3, 0.4) is 0 Å². The Labute approximate surface area is 140 Å². The number of carbonyl (C=O) groups is 1. The van der Waals surface area contributed by atoms with Crippen LogP contribution in [0.2, 0.25) is 0 Å². The number of hydrogen-bond donors (Lipinski definition) is 2. The van der Waals surface area contributed by atoms with E-state index in [-0.39, 0.29) is 11.9 Å². The second-order valence-electron chi connectivity index (χ2n) is 6.30. The largest absolute Gasteiger partial charge is 0.391 e. The van der Waals surface area contributed by atoms with Crippen LogP contribution in [0.25, 0.3) is 0 Å². The molecule has 2 aromatic rings. The molecule has 1 unspecified atom stereocenters. The molecule has 2 aromatic heterocycles. The van der Waals surface area contributed by atoms with Crippen molar-refractivity contribution in [2.24, 2.45) is 5.92 Å². The van der Waals surface area contributed by atoms with Gasteiger partial charge in [0.2, 0.25) is 0 Å². The number of aromatic nitrogens is 5. The van der Waals surface area contributed by atoms with Crippen molar-refractivity contribution in [1.29, 1.82) is 0 Å². The van der Waals surface area contributed by atoms with Crippen LogP contribution >= 0.6 is 0 Å². The molecular weight excluding hydrogens is 308 g/mol. The van der Waals surface area contributed by atoms with Gasteiger partial charge < -0.3 is 15.0 Å². The SMILES string of the molecule is CCc1c(C(=O)N[C@@H]2CC(Cn3ccnc3)C[C@H]2O)nnn1CC. The van der Waals surface area contributed by atoms with E-state index >= 15 is 0 Å². The van der Waals surface area contributed by atoms with Gasteiger partial charge in [-0.2, -0.15) is 0 Å². The third-order valence-corrected chi connectivity index (χ3v) is 4.66. The van der Waals surface area contributed by atoms with Gasteiger partial charge in [0.25, 0.3) is 5.91 Å². The predicted molar refractivity (Wildman–Crippen MR) is 87.3 cm³/mol. The first-order valence-corrected chi connectivity index (χ1v) is 8.49. The van der Waals surface area contributed by atoms with Crippen LogP contribution in [-0.2, 0) is 19.5 Å². The van der Waals surface area contributed by atoms with Gasteiger partial charge >= 0.3 is 0 Å². The summed E-state index contributed by atoms with van der Waals surface area (Å²) in [7, 11) is 0. The van der Waals surface area contributed by atoms with Crippen LogP contribution in [0.15, 0.2) is 18.7 Å². The Hall–Kier alpha value is -2.22. The molecule has 0 radical (unpaired) electrons. The number of nitrogens with zero attached hydrogens (tertiary/aromatic N) is 5. The summed E-state index contributed by atoms with van der Waals surface area (Å²) in [4.78, 5) is 16.6. The highest BCUT2D eigenvalue weighted by atomic mass is 16.3. The van der Waals surface area contributed by atoms with E-state index in [1.165, 1.54) is 0 Å². The summed E-state index contributed by atoms with van der Waals surface area (Å²) in [6.45, 7) is 5.43. The van der Waals surface area contributed by atoms with Crippen molar-refractivity contribution >= 4 is 5.91 Å². The Balaban J connectivity index is 1.63. The second kappa shape index (κ2) is 7.12.